The molecule has 0 heterocycles. The second-order valence-corrected chi connectivity index (χ2v) is 5.72. The van der Waals surface area contributed by atoms with Gasteiger partial charge in [0.15, 0.2) is 0 Å². The van der Waals surface area contributed by atoms with E-state index in [2.05, 4.69) is 12.1 Å². The summed E-state index contributed by atoms with van der Waals surface area (Å²) in [7, 11) is 1.61. The molecular formula is C17H17ClO2. The molecule has 0 aromatic heterocycles. The normalized spacial score (nSPS) is 17.6. The molecule has 20 heavy (non-hydrogen) atoms. The van der Waals surface area contributed by atoms with E-state index in [1.54, 1.807) is 13.2 Å². The van der Waals surface area contributed by atoms with Crippen molar-refractivity contribution in [1.82, 2.24) is 0 Å². The molecule has 1 saturated carbocycles. The Labute approximate surface area is 124 Å². The van der Waals surface area contributed by atoms with Gasteiger partial charge >= 0.3 is 0 Å². The fourth-order valence-electron chi connectivity index (χ4n) is 2.78. The second kappa shape index (κ2) is 5.12. The Morgan fingerprint density at radius 1 is 1.15 bits per heavy atom. The molecule has 104 valence electrons. The number of methoxy groups -OCH3 is 1. The molecule has 0 aliphatic heterocycles. The largest absolute Gasteiger partial charge is 0.497 e. The number of rotatable bonds is 4. The van der Waals surface area contributed by atoms with E-state index in [0.717, 1.165) is 18.4 Å². The molecule has 0 radical (unpaired) electrons. The highest BCUT2D eigenvalue weighted by Crippen LogP contribution is 2.57. The van der Waals surface area contributed by atoms with Gasteiger partial charge in [-0.15, -0.1) is 0 Å². The van der Waals surface area contributed by atoms with Crippen LogP contribution in [0, 0.1) is 0 Å². The highest BCUT2D eigenvalue weighted by Gasteiger charge is 2.51. The zero-order valence-corrected chi connectivity index (χ0v) is 12.1. The third kappa shape index (κ3) is 2.19. The lowest BCUT2D eigenvalue weighted by molar-refractivity contribution is 0.133. The lowest BCUT2D eigenvalue weighted by Crippen LogP contribution is -2.18. The van der Waals surface area contributed by atoms with Crippen LogP contribution in [0.2, 0.25) is 5.02 Å². The first-order chi connectivity index (χ1) is 9.67. The number of ether oxygens (including phenoxy) is 1. The van der Waals surface area contributed by atoms with Crippen molar-refractivity contribution in [3.8, 4) is 5.75 Å². The Morgan fingerprint density at radius 2 is 1.85 bits per heavy atom. The second-order valence-electron chi connectivity index (χ2n) is 5.31. The average molecular weight is 289 g/mol. The van der Waals surface area contributed by atoms with Gasteiger partial charge in [0.25, 0.3) is 0 Å². The van der Waals surface area contributed by atoms with Crippen molar-refractivity contribution in [2.75, 3.05) is 7.11 Å². The first-order valence-electron chi connectivity index (χ1n) is 6.74. The summed E-state index contributed by atoms with van der Waals surface area (Å²) in [5.41, 5.74) is 1.77. The third-order valence-corrected chi connectivity index (χ3v) is 4.49. The van der Waals surface area contributed by atoms with E-state index in [9.17, 15) is 5.11 Å². The molecule has 0 spiro atoms. The van der Waals surface area contributed by atoms with Gasteiger partial charge in [0.05, 0.1) is 18.2 Å². The van der Waals surface area contributed by atoms with E-state index >= 15 is 0 Å². The van der Waals surface area contributed by atoms with Crippen LogP contribution in [-0.4, -0.2) is 12.2 Å². The fourth-order valence-corrected chi connectivity index (χ4v) is 3.05. The minimum Gasteiger partial charge on any atom is -0.497 e. The fraction of sp³-hybridized carbons (Fsp3) is 0.294. The summed E-state index contributed by atoms with van der Waals surface area (Å²) in [5, 5.41) is 11.3. The predicted molar refractivity (Wildman–Crippen MR) is 80.3 cm³/mol. The average Bonchev–Trinajstić information content (AvgIpc) is 3.29. The molecule has 0 saturated heterocycles. The van der Waals surface area contributed by atoms with Crippen molar-refractivity contribution < 1.29 is 9.84 Å². The van der Waals surface area contributed by atoms with Gasteiger partial charge < -0.3 is 9.84 Å². The molecule has 2 nitrogen and oxygen atoms in total. The van der Waals surface area contributed by atoms with Crippen molar-refractivity contribution in [3.63, 3.8) is 0 Å². The summed E-state index contributed by atoms with van der Waals surface area (Å²) in [6, 6.07) is 15.6. The lowest BCUT2D eigenvalue weighted by Gasteiger charge is -2.24. The smallest absolute Gasteiger partial charge is 0.120 e. The van der Waals surface area contributed by atoms with Crippen LogP contribution >= 0.6 is 11.6 Å². The van der Waals surface area contributed by atoms with Crippen LogP contribution in [-0.2, 0) is 5.41 Å². The van der Waals surface area contributed by atoms with Crippen molar-refractivity contribution in [2.24, 2.45) is 0 Å². The molecule has 2 aromatic rings. The Hall–Kier alpha value is -1.51. The van der Waals surface area contributed by atoms with Gasteiger partial charge in [-0.1, -0.05) is 48.0 Å². The van der Waals surface area contributed by atoms with E-state index in [-0.39, 0.29) is 5.41 Å². The maximum absolute atomic E-state index is 10.8. The van der Waals surface area contributed by atoms with E-state index in [1.807, 2.05) is 30.3 Å². The Kier molecular flexibility index (Phi) is 3.45. The van der Waals surface area contributed by atoms with Crippen molar-refractivity contribution in [2.45, 2.75) is 24.4 Å². The molecule has 2 aromatic carbocycles. The molecule has 3 heteroatoms. The summed E-state index contributed by atoms with van der Waals surface area (Å²) < 4.78 is 5.15. The molecule has 3 rings (SSSR count). The Bertz CT molecular complexity index is 606. The van der Waals surface area contributed by atoms with Crippen molar-refractivity contribution >= 4 is 11.6 Å². The minimum atomic E-state index is -0.580. The molecule has 1 atom stereocenters. The number of benzene rings is 2. The monoisotopic (exact) mass is 288 g/mol. The van der Waals surface area contributed by atoms with Gasteiger partial charge in [-0.05, 0) is 30.5 Å². The molecule has 1 aliphatic rings. The van der Waals surface area contributed by atoms with E-state index in [4.69, 9.17) is 16.3 Å². The minimum absolute atomic E-state index is 0.181. The molecule has 0 bridgehead atoms. The topological polar surface area (TPSA) is 29.5 Å². The SMILES string of the molecule is COc1ccc(C(O)C2(c3ccccc3)CC2)c(Cl)c1. The molecule has 1 unspecified atom stereocenters. The van der Waals surface area contributed by atoms with Gasteiger partial charge in [0, 0.05) is 11.0 Å². The van der Waals surface area contributed by atoms with E-state index in [1.165, 1.54) is 5.56 Å². The van der Waals surface area contributed by atoms with E-state index < -0.39 is 6.10 Å². The zero-order chi connectivity index (χ0) is 14.2. The predicted octanol–water partition coefficient (Wildman–Crippen LogP) is 4.11. The van der Waals surface area contributed by atoms with Crippen molar-refractivity contribution in [3.05, 3.63) is 64.7 Å². The van der Waals surface area contributed by atoms with E-state index in [0.29, 0.717) is 10.8 Å². The highest BCUT2D eigenvalue weighted by molar-refractivity contribution is 6.31. The van der Waals surface area contributed by atoms with Gasteiger partial charge in [-0.25, -0.2) is 0 Å². The Balaban J connectivity index is 1.95. The summed E-state index contributed by atoms with van der Waals surface area (Å²) in [6.45, 7) is 0. The first-order valence-corrected chi connectivity index (χ1v) is 7.12. The van der Waals surface area contributed by atoms with Crippen LogP contribution in [0.3, 0.4) is 0 Å². The standard InChI is InChI=1S/C17H17ClO2/c1-20-13-7-8-14(15(18)11-13)16(19)17(9-10-17)12-5-3-2-4-6-12/h2-8,11,16,19H,9-10H2,1H3. The van der Waals surface area contributed by atoms with Crippen LogP contribution in [0.1, 0.15) is 30.1 Å². The summed E-state index contributed by atoms with van der Waals surface area (Å²) >= 11 is 6.28. The van der Waals surface area contributed by atoms with Gasteiger partial charge in [0.1, 0.15) is 5.75 Å². The van der Waals surface area contributed by atoms with Crippen LogP contribution in [0.5, 0.6) is 5.75 Å². The summed E-state index contributed by atoms with van der Waals surface area (Å²) in [4.78, 5) is 0. The number of hydrogen-bond donors (Lipinski definition) is 1. The van der Waals surface area contributed by atoms with Gasteiger partial charge in [-0.2, -0.15) is 0 Å². The molecule has 1 fully saturated rings. The van der Waals surface area contributed by atoms with Crippen LogP contribution in [0.25, 0.3) is 0 Å². The lowest BCUT2D eigenvalue weighted by atomic mass is 9.86. The zero-order valence-electron chi connectivity index (χ0n) is 11.3. The Morgan fingerprint density at radius 3 is 2.40 bits per heavy atom. The van der Waals surface area contributed by atoms with Crippen LogP contribution in [0.15, 0.2) is 48.5 Å². The van der Waals surface area contributed by atoms with Gasteiger partial charge in [-0.3, -0.25) is 0 Å². The molecule has 1 N–H and O–H groups in total. The highest BCUT2D eigenvalue weighted by atomic mass is 35.5. The van der Waals surface area contributed by atoms with Crippen LogP contribution < -0.4 is 4.74 Å². The van der Waals surface area contributed by atoms with Gasteiger partial charge in [0.2, 0.25) is 0 Å². The summed E-state index contributed by atoms with van der Waals surface area (Å²) in [5.74, 6) is 0.704. The van der Waals surface area contributed by atoms with Crippen molar-refractivity contribution in [1.29, 1.82) is 0 Å². The number of hydrogen-bond acceptors (Lipinski definition) is 2. The third-order valence-electron chi connectivity index (χ3n) is 4.16. The number of aliphatic hydroxyl groups excluding tert-OH is 1. The first kappa shape index (κ1) is 13.5. The number of halogens is 1. The summed E-state index contributed by atoms with van der Waals surface area (Å²) in [6.07, 6.45) is 1.39. The molecule has 0 amide bonds. The quantitative estimate of drug-likeness (QED) is 0.917. The molecule has 1 aliphatic carbocycles. The maximum Gasteiger partial charge on any atom is 0.120 e. The number of aliphatic hydroxyl groups is 1. The molecular weight excluding hydrogens is 272 g/mol. The van der Waals surface area contributed by atoms with Crippen LogP contribution in [0.4, 0.5) is 0 Å². The maximum atomic E-state index is 10.8.